The fourth-order valence-corrected chi connectivity index (χ4v) is 4.48. The monoisotopic (exact) mass is 496 g/mol. The number of aryl methyl sites for hydroxylation is 2. The largest absolute Gasteiger partial charge is 0.371 e. The van der Waals surface area contributed by atoms with Crippen LogP contribution in [-0.2, 0) is 11.3 Å². The molecule has 3 heterocycles. The third-order valence-electron chi connectivity index (χ3n) is 6.26. The summed E-state index contributed by atoms with van der Waals surface area (Å²) in [7, 11) is 1.79. The van der Waals surface area contributed by atoms with Crippen molar-refractivity contribution >= 4 is 34.2 Å². The predicted molar refractivity (Wildman–Crippen MR) is 144 cm³/mol. The van der Waals surface area contributed by atoms with Gasteiger partial charge in [0.15, 0.2) is 5.82 Å². The van der Waals surface area contributed by atoms with E-state index in [0.29, 0.717) is 12.4 Å². The van der Waals surface area contributed by atoms with Gasteiger partial charge in [-0.05, 0) is 56.9 Å². The first-order chi connectivity index (χ1) is 17.2. The SMILES string of the molecule is CC.CC(=O)NC1(C)CCC1.CNc1nc(N)nn2ccc(-c3ccc4nc(C)n(CCF)c4c3)c12. The van der Waals surface area contributed by atoms with Gasteiger partial charge in [-0.25, -0.2) is 13.9 Å². The molecule has 0 radical (unpaired) electrons. The number of imidazole rings is 1. The van der Waals surface area contributed by atoms with Gasteiger partial charge in [0.25, 0.3) is 0 Å². The lowest BCUT2D eigenvalue weighted by Gasteiger charge is -2.38. The summed E-state index contributed by atoms with van der Waals surface area (Å²) in [6, 6.07) is 7.94. The number of hydrogen-bond donors (Lipinski definition) is 3. The molecule has 10 heteroatoms. The number of hydrogen-bond acceptors (Lipinski definition) is 6. The van der Waals surface area contributed by atoms with E-state index in [2.05, 4.69) is 32.6 Å². The molecule has 1 saturated carbocycles. The molecule has 0 saturated heterocycles. The Morgan fingerprint density at radius 2 is 1.94 bits per heavy atom. The van der Waals surface area contributed by atoms with Gasteiger partial charge in [-0.3, -0.25) is 4.79 Å². The van der Waals surface area contributed by atoms with Crippen molar-refractivity contribution in [1.29, 1.82) is 0 Å². The third kappa shape index (κ3) is 5.58. The number of aromatic nitrogens is 5. The van der Waals surface area contributed by atoms with Crippen LogP contribution in [0.1, 0.15) is 52.8 Å². The fraction of sp³-hybridized carbons (Fsp3) is 0.462. The summed E-state index contributed by atoms with van der Waals surface area (Å²) in [5.41, 5.74) is 10.5. The molecule has 0 bridgehead atoms. The Kier molecular flexibility index (Phi) is 8.49. The van der Waals surface area contributed by atoms with E-state index in [9.17, 15) is 9.18 Å². The lowest BCUT2D eigenvalue weighted by atomic mass is 9.78. The Morgan fingerprint density at radius 1 is 1.22 bits per heavy atom. The molecule has 1 fully saturated rings. The van der Waals surface area contributed by atoms with Gasteiger partial charge in [0, 0.05) is 31.3 Å². The Labute approximate surface area is 211 Å². The number of nitrogens with zero attached hydrogens (tertiary/aromatic N) is 5. The number of benzene rings is 1. The first-order valence-electron chi connectivity index (χ1n) is 12.4. The van der Waals surface area contributed by atoms with Gasteiger partial charge >= 0.3 is 0 Å². The zero-order valence-electron chi connectivity index (χ0n) is 22.0. The minimum atomic E-state index is -0.428. The molecule has 0 atom stereocenters. The van der Waals surface area contributed by atoms with Crippen LogP contribution in [0.5, 0.6) is 0 Å². The molecular weight excluding hydrogens is 459 g/mol. The molecular formula is C26H37FN8O. The first kappa shape index (κ1) is 26.9. The maximum atomic E-state index is 12.9. The van der Waals surface area contributed by atoms with Gasteiger partial charge in [0.05, 0.1) is 17.6 Å². The normalized spacial score (nSPS) is 13.8. The molecule has 0 unspecified atom stereocenters. The van der Waals surface area contributed by atoms with E-state index in [1.807, 2.05) is 55.8 Å². The van der Waals surface area contributed by atoms with Crippen molar-refractivity contribution in [2.45, 2.75) is 66.0 Å². The quantitative estimate of drug-likeness (QED) is 0.368. The summed E-state index contributed by atoms with van der Waals surface area (Å²) in [5, 5.41) is 10.2. The van der Waals surface area contributed by atoms with Crippen molar-refractivity contribution in [1.82, 2.24) is 29.5 Å². The number of halogens is 1. The lowest BCUT2D eigenvalue weighted by Crippen LogP contribution is -2.50. The van der Waals surface area contributed by atoms with Crippen LogP contribution in [0.4, 0.5) is 16.2 Å². The minimum absolute atomic E-state index is 0.0946. The molecule has 3 aromatic heterocycles. The van der Waals surface area contributed by atoms with Crippen LogP contribution in [0.2, 0.25) is 0 Å². The van der Waals surface area contributed by atoms with Crippen LogP contribution in [-0.4, -0.2) is 49.3 Å². The molecule has 0 spiro atoms. The van der Waals surface area contributed by atoms with E-state index in [1.165, 1.54) is 6.42 Å². The summed E-state index contributed by atoms with van der Waals surface area (Å²) in [6.07, 6.45) is 5.40. The highest BCUT2D eigenvalue weighted by molar-refractivity contribution is 5.92. The van der Waals surface area contributed by atoms with Crippen molar-refractivity contribution in [2.24, 2.45) is 0 Å². The molecule has 4 aromatic rings. The summed E-state index contributed by atoms with van der Waals surface area (Å²) >= 11 is 0. The van der Waals surface area contributed by atoms with Crippen molar-refractivity contribution in [3.8, 4) is 11.1 Å². The minimum Gasteiger partial charge on any atom is -0.371 e. The van der Waals surface area contributed by atoms with Crippen LogP contribution in [0.25, 0.3) is 27.7 Å². The number of carbonyl (C=O) groups is 1. The topological polar surface area (TPSA) is 115 Å². The average Bonchev–Trinajstić information content (AvgIpc) is 3.39. The van der Waals surface area contributed by atoms with Gasteiger partial charge in [0.1, 0.15) is 18.0 Å². The maximum absolute atomic E-state index is 12.9. The van der Waals surface area contributed by atoms with E-state index in [4.69, 9.17) is 5.73 Å². The number of nitrogen functional groups attached to an aromatic ring is 1. The molecule has 5 rings (SSSR count). The molecule has 194 valence electrons. The van der Waals surface area contributed by atoms with E-state index in [-0.39, 0.29) is 17.4 Å². The van der Waals surface area contributed by atoms with E-state index < -0.39 is 6.67 Å². The number of anilines is 2. The van der Waals surface area contributed by atoms with Crippen molar-refractivity contribution < 1.29 is 9.18 Å². The van der Waals surface area contributed by atoms with Crippen LogP contribution >= 0.6 is 0 Å². The summed E-state index contributed by atoms with van der Waals surface area (Å²) < 4.78 is 16.5. The number of nitrogens with one attached hydrogen (secondary N) is 2. The van der Waals surface area contributed by atoms with Crippen LogP contribution in [0.15, 0.2) is 30.5 Å². The van der Waals surface area contributed by atoms with E-state index in [0.717, 1.165) is 46.3 Å². The Bertz CT molecular complexity index is 1340. The highest BCUT2D eigenvalue weighted by atomic mass is 19.1. The highest BCUT2D eigenvalue weighted by Gasteiger charge is 2.31. The fourth-order valence-electron chi connectivity index (χ4n) is 4.48. The maximum Gasteiger partial charge on any atom is 0.240 e. The third-order valence-corrected chi connectivity index (χ3v) is 6.26. The van der Waals surface area contributed by atoms with Gasteiger partial charge in [-0.1, -0.05) is 19.9 Å². The van der Waals surface area contributed by atoms with Crippen LogP contribution < -0.4 is 16.4 Å². The molecule has 1 amide bonds. The van der Waals surface area contributed by atoms with Crippen molar-refractivity contribution in [2.75, 3.05) is 24.8 Å². The lowest BCUT2D eigenvalue weighted by molar-refractivity contribution is -0.121. The van der Waals surface area contributed by atoms with Crippen LogP contribution in [0.3, 0.4) is 0 Å². The summed E-state index contributed by atoms with van der Waals surface area (Å²) in [5.74, 6) is 1.75. The van der Waals surface area contributed by atoms with Gasteiger partial charge in [-0.15, -0.1) is 5.10 Å². The van der Waals surface area contributed by atoms with Crippen molar-refractivity contribution in [3.05, 3.63) is 36.3 Å². The van der Waals surface area contributed by atoms with Gasteiger partial charge in [-0.2, -0.15) is 4.98 Å². The smallest absolute Gasteiger partial charge is 0.240 e. The van der Waals surface area contributed by atoms with E-state index >= 15 is 0 Å². The Morgan fingerprint density at radius 3 is 2.50 bits per heavy atom. The molecule has 1 aliphatic carbocycles. The summed E-state index contributed by atoms with van der Waals surface area (Å²) in [6.45, 7) is 9.42. The standard InChI is InChI=1S/C17H18FN7.C7H13NO.C2H6/c1-10-21-13-4-3-11(9-14(13)24(10)8-6-18)12-5-7-25-15(12)16(20-2)22-17(19)23-25;1-6(9)8-7(2)4-3-5-7;1-2/h3-5,7,9H,6,8H2,1-2H3,(H3,19,20,22,23);3-5H2,1-2H3,(H,8,9);1-2H3. The second-order valence-electron chi connectivity index (χ2n) is 8.89. The first-order valence-corrected chi connectivity index (χ1v) is 12.4. The molecule has 9 nitrogen and oxygen atoms in total. The molecule has 1 aliphatic rings. The number of rotatable bonds is 5. The molecule has 1 aromatic carbocycles. The van der Waals surface area contributed by atoms with Crippen molar-refractivity contribution in [3.63, 3.8) is 0 Å². The number of nitrogens with two attached hydrogens (primary N) is 1. The zero-order valence-corrected chi connectivity index (χ0v) is 22.0. The van der Waals surface area contributed by atoms with Gasteiger partial charge in [0.2, 0.25) is 11.9 Å². The molecule has 36 heavy (non-hydrogen) atoms. The predicted octanol–water partition coefficient (Wildman–Crippen LogP) is 4.74. The zero-order chi connectivity index (χ0) is 26.5. The number of carbonyl (C=O) groups excluding carboxylic acids is 1. The molecule has 0 aliphatic heterocycles. The number of fused-ring (bicyclic) bond motifs is 2. The number of alkyl halides is 1. The van der Waals surface area contributed by atoms with E-state index in [1.54, 1.807) is 18.5 Å². The Balaban J connectivity index is 0.000000276. The number of amides is 1. The second-order valence-corrected chi connectivity index (χ2v) is 8.89. The second kappa shape index (κ2) is 11.4. The molecule has 4 N–H and O–H groups in total. The highest BCUT2D eigenvalue weighted by Crippen LogP contribution is 2.32. The Hall–Kier alpha value is -3.69. The van der Waals surface area contributed by atoms with Gasteiger partial charge < -0.3 is 20.9 Å². The average molecular weight is 497 g/mol. The van der Waals surface area contributed by atoms with Crippen LogP contribution in [0, 0.1) is 6.92 Å². The summed E-state index contributed by atoms with van der Waals surface area (Å²) in [4.78, 5) is 19.3.